The van der Waals surface area contributed by atoms with Gasteiger partial charge in [0, 0.05) is 13.1 Å². The Morgan fingerprint density at radius 1 is 1.30 bits per heavy atom. The van der Waals surface area contributed by atoms with Crippen LogP contribution in [0.15, 0.2) is 35.3 Å². The summed E-state index contributed by atoms with van der Waals surface area (Å²) in [5.41, 5.74) is 1.29. The summed E-state index contributed by atoms with van der Waals surface area (Å²) in [6.45, 7) is 1.96. The molecule has 2 rings (SSSR count). The highest BCUT2D eigenvalue weighted by molar-refractivity contribution is 8.14. The fraction of sp³-hybridized carbons (Fsp3) is 0.462. The number of hydrogen-bond donors (Lipinski definition) is 2. The molecule has 0 amide bonds. The Kier molecular flexibility index (Phi) is 5.45. The molecule has 7 heteroatoms. The highest BCUT2D eigenvalue weighted by Crippen LogP contribution is 2.33. The van der Waals surface area contributed by atoms with Gasteiger partial charge in [0.2, 0.25) is 10.0 Å². The van der Waals surface area contributed by atoms with Crippen LogP contribution in [-0.4, -0.2) is 39.5 Å². The second-order valence-electron chi connectivity index (χ2n) is 4.61. The van der Waals surface area contributed by atoms with E-state index in [4.69, 9.17) is 0 Å². The van der Waals surface area contributed by atoms with E-state index >= 15 is 0 Å². The lowest BCUT2D eigenvalue weighted by Gasteiger charge is -2.09. The zero-order valence-corrected chi connectivity index (χ0v) is 13.0. The third kappa shape index (κ3) is 5.15. The van der Waals surface area contributed by atoms with Crippen molar-refractivity contribution < 1.29 is 8.42 Å². The summed E-state index contributed by atoms with van der Waals surface area (Å²) in [5, 5.41) is 4.57. The summed E-state index contributed by atoms with van der Waals surface area (Å²) < 4.78 is 24.2. The van der Waals surface area contributed by atoms with Crippen LogP contribution >= 0.6 is 11.8 Å². The van der Waals surface area contributed by atoms with Crippen LogP contribution in [0.5, 0.6) is 0 Å². The first-order valence-electron chi connectivity index (χ1n) is 6.49. The van der Waals surface area contributed by atoms with Crippen LogP contribution in [0.2, 0.25) is 0 Å². The molecule has 0 radical (unpaired) electrons. The number of nitrogens with one attached hydrogen (secondary N) is 2. The predicted molar refractivity (Wildman–Crippen MR) is 84.5 cm³/mol. The van der Waals surface area contributed by atoms with Gasteiger partial charge in [0.05, 0.1) is 18.1 Å². The third-order valence-corrected chi connectivity index (χ3v) is 4.75. The van der Waals surface area contributed by atoms with Crippen LogP contribution < -0.4 is 10.0 Å². The zero-order chi connectivity index (χ0) is 14.4. The Morgan fingerprint density at radius 3 is 2.75 bits per heavy atom. The van der Waals surface area contributed by atoms with E-state index in [1.54, 1.807) is 11.8 Å². The van der Waals surface area contributed by atoms with Gasteiger partial charge in [-0.3, -0.25) is 4.99 Å². The first-order valence-corrected chi connectivity index (χ1v) is 9.26. The van der Waals surface area contributed by atoms with Crippen molar-refractivity contribution in [3.8, 4) is 0 Å². The van der Waals surface area contributed by atoms with E-state index in [9.17, 15) is 8.42 Å². The lowest BCUT2D eigenvalue weighted by atomic mass is 10.1. The molecular weight excluding hydrogens is 294 g/mol. The summed E-state index contributed by atoms with van der Waals surface area (Å²) in [6.07, 6.45) is 1.91. The van der Waals surface area contributed by atoms with Crippen molar-refractivity contribution in [3.05, 3.63) is 35.9 Å². The molecule has 1 aliphatic heterocycles. The standard InChI is InChI=1S/C13H19N3O2S2/c1-20(17,18)16-9-5-8-14-13-15-10-12(19-13)11-6-3-2-4-7-11/h2-4,6-7,12,16H,5,8-10H2,1H3,(H,14,15). The van der Waals surface area contributed by atoms with Crippen LogP contribution in [0.1, 0.15) is 17.2 Å². The smallest absolute Gasteiger partial charge is 0.208 e. The summed E-state index contributed by atoms with van der Waals surface area (Å²) in [7, 11) is -3.08. The Balaban J connectivity index is 1.67. The van der Waals surface area contributed by atoms with Gasteiger partial charge in [-0.25, -0.2) is 13.1 Å². The van der Waals surface area contributed by atoms with Gasteiger partial charge < -0.3 is 5.32 Å². The van der Waals surface area contributed by atoms with Crippen molar-refractivity contribution in [1.29, 1.82) is 0 Å². The number of thioether (sulfide) groups is 1. The molecule has 0 spiro atoms. The second kappa shape index (κ2) is 7.10. The molecule has 1 heterocycles. The van der Waals surface area contributed by atoms with Gasteiger partial charge in [0.1, 0.15) is 0 Å². The molecule has 0 aliphatic carbocycles. The molecule has 5 nitrogen and oxygen atoms in total. The Morgan fingerprint density at radius 2 is 2.05 bits per heavy atom. The maximum Gasteiger partial charge on any atom is 0.208 e. The van der Waals surface area contributed by atoms with Crippen molar-refractivity contribution in [2.45, 2.75) is 11.7 Å². The average molecular weight is 313 g/mol. The Labute approximate surface area is 124 Å². The average Bonchev–Trinajstić information content (AvgIpc) is 2.87. The van der Waals surface area contributed by atoms with Crippen LogP contribution in [0.4, 0.5) is 0 Å². The van der Waals surface area contributed by atoms with Crippen molar-refractivity contribution in [1.82, 2.24) is 10.0 Å². The molecule has 1 aromatic rings. The maximum absolute atomic E-state index is 10.9. The molecule has 0 bridgehead atoms. The molecule has 1 aromatic carbocycles. The topological polar surface area (TPSA) is 70.6 Å². The maximum atomic E-state index is 10.9. The van der Waals surface area contributed by atoms with E-state index in [-0.39, 0.29) is 0 Å². The highest BCUT2D eigenvalue weighted by Gasteiger charge is 2.20. The third-order valence-electron chi connectivity index (χ3n) is 2.82. The Bertz CT molecular complexity index is 558. The van der Waals surface area contributed by atoms with E-state index in [0.29, 0.717) is 11.8 Å². The number of nitrogens with zero attached hydrogens (tertiary/aromatic N) is 1. The minimum absolute atomic E-state index is 0.382. The summed E-state index contributed by atoms with van der Waals surface area (Å²) in [4.78, 5) is 4.47. The fourth-order valence-corrected chi connectivity index (χ4v) is 3.42. The molecule has 1 aliphatic rings. The molecule has 110 valence electrons. The van der Waals surface area contributed by atoms with Crippen LogP contribution in [0, 0.1) is 0 Å². The lowest BCUT2D eigenvalue weighted by molar-refractivity contribution is 0.585. The van der Waals surface area contributed by atoms with E-state index in [1.165, 1.54) is 11.8 Å². The molecule has 1 unspecified atom stereocenters. The van der Waals surface area contributed by atoms with Gasteiger partial charge in [0.15, 0.2) is 5.17 Å². The molecule has 0 aromatic heterocycles. The van der Waals surface area contributed by atoms with Gasteiger partial charge >= 0.3 is 0 Å². The van der Waals surface area contributed by atoms with Crippen LogP contribution in [-0.2, 0) is 10.0 Å². The van der Waals surface area contributed by atoms with Crippen molar-refractivity contribution in [3.63, 3.8) is 0 Å². The summed E-state index contributed by atoms with van der Waals surface area (Å²) >= 11 is 1.73. The van der Waals surface area contributed by atoms with Crippen LogP contribution in [0.25, 0.3) is 0 Å². The van der Waals surface area contributed by atoms with E-state index in [2.05, 4.69) is 27.2 Å². The van der Waals surface area contributed by atoms with E-state index in [1.807, 2.05) is 18.2 Å². The molecule has 20 heavy (non-hydrogen) atoms. The van der Waals surface area contributed by atoms with Gasteiger partial charge in [-0.1, -0.05) is 42.1 Å². The first-order chi connectivity index (χ1) is 9.54. The number of benzene rings is 1. The monoisotopic (exact) mass is 313 g/mol. The molecule has 1 atom stereocenters. The largest absolute Gasteiger partial charge is 0.365 e. The number of amidine groups is 1. The van der Waals surface area contributed by atoms with Crippen molar-refractivity contribution >= 4 is 27.0 Å². The molecular formula is C13H19N3O2S2. The summed E-state index contributed by atoms with van der Waals surface area (Å²) in [5.74, 6) is 0. The van der Waals surface area contributed by atoms with Crippen molar-refractivity contribution in [2.24, 2.45) is 4.99 Å². The van der Waals surface area contributed by atoms with Gasteiger partial charge in [-0.15, -0.1) is 0 Å². The number of hydrogen-bond acceptors (Lipinski definition) is 5. The highest BCUT2D eigenvalue weighted by atomic mass is 32.2. The Hall–Kier alpha value is -1.05. The molecule has 2 N–H and O–H groups in total. The number of sulfonamides is 1. The SMILES string of the molecule is CS(=O)(=O)NCCCNC1=NCC(c2ccccc2)S1. The van der Waals surface area contributed by atoms with Crippen LogP contribution in [0.3, 0.4) is 0 Å². The number of rotatable bonds is 6. The zero-order valence-electron chi connectivity index (χ0n) is 11.4. The van der Waals surface area contributed by atoms with E-state index in [0.717, 1.165) is 24.7 Å². The minimum Gasteiger partial charge on any atom is -0.365 e. The van der Waals surface area contributed by atoms with Gasteiger partial charge in [0.25, 0.3) is 0 Å². The minimum atomic E-state index is -3.08. The molecule has 0 saturated carbocycles. The predicted octanol–water partition coefficient (Wildman–Crippen LogP) is 1.36. The van der Waals surface area contributed by atoms with Gasteiger partial charge in [-0.2, -0.15) is 0 Å². The van der Waals surface area contributed by atoms with Gasteiger partial charge in [-0.05, 0) is 12.0 Å². The normalized spacial score (nSPS) is 18.9. The quantitative estimate of drug-likeness (QED) is 0.778. The van der Waals surface area contributed by atoms with E-state index < -0.39 is 10.0 Å². The van der Waals surface area contributed by atoms with Crippen molar-refractivity contribution in [2.75, 3.05) is 25.9 Å². The lowest BCUT2D eigenvalue weighted by Crippen LogP contribution is -2.27. The number of aliphatic imine (C=N–C) groups is 1. The first kappa shape index (κ1) is 15.3. The fourth-order valence-electron chi connectivity index (χ4n) is 1.86. The molecule has 0 saturated heterocycles. The molecule has 0 fully saturated rings. The second-order valence-corrected chi connectivity index (χ2v) is 7.63. The summed E-state index contributed by atoms with van der Waals surface area (Å²) in [6, 6.07) is 10.3.